The van der Waals surface area contributed by atoms with Crippen LogP contribution in [0, 0.1) is 12.3 Å². The van der Waals surface area contributed by atoms with Gasteiger partial charge in [-0.05, 0) is 64.2 Å². The minimum absolute atomic E-state index is 0.0716. The lowest BCUT2D eigenvalue weighted by molar-refractivity contribution is -0.147. The van der Waals surface area contributed by atoms with Crippen molar-refractivity contribution in [1.82, 2.24) is 15.5 Å². The van der Waals surface area contributed by atoms with Crippen LogP contribution in [-0.2, 0) is 14.3 Å². The number of carbonyl (C=O) groups excluding carboxylic acids is 3. The number of unbranched alkanes of at least 4 members (excludes halogenated alkanes) is 2. The molecule has 0 bridgehead atoms. The molecule has 35 heavy (non-hydrogen) atoms. The number of amides is 3. The van der Waals surface area contributed by atoms with E-state index in [9.17, 15) is 14.4 Å². The molecule has 1 saturated carbocycles. The Morgan fingerprint density at radius 2 is 1.86 bits per heavy atom. The first-order valence-electron chi connectivity index (χ1n) is 12.4. The Balaban J connectivity index is 2.37. The summed E-state index contributed by atoms with van der Waals surface area (Å²) < 4.78 is 5.34. The molecule has 3 amide bonds. The van der Waals surface area contributed by atoms with Gasteiger partial charge in [0.25, 0.3) is 0 Å². The van der Waals surface area contributed by atoms with Gasteiger partial charge >= 0.3 is 6.09 Å². The van der Waals surface area contributed by atoms with E-state index in [-0.39, 0.29) is 23.6 Å². The Kier molecular flexibility index (Phi) is 11.0. The zero-order chi connectivity index (χ0) is 26.0. The average Bonchev–Trinajstić information content (AvgIpc) is 2.77. The van der Waals surface area contributed by atoms with Crippen LogP contribution in [-0.4, -0.2) is 52.8 Å². The summed E-state index contributed by atoms with van der Waals surface area (Å²) >= 11 is 4.32. The summed E-state index contributed by atoms with van der Waals surface area (Å²) in [5, 5.41) is 5.65. The molecular formula is C27H39N3O4S. The molecule has 1 aromatic rings. The van der Waals surface area contributed by atoms with Crippen LogP contribution >= 0.6 is 12.6 Å². The van der Waals surface area contributed by atoms with Crippen LogP contribution in [0.25, 0.3) is 0 Å². The van der Waals surface area contributed by atoms with Crippen molar-refractivity contribution in [3.8, 4) is 12.3 Å². The van der Waals surface area contributed by atoms with Crippen molar-refractivity contribution in [3.05, 3.63) is 35.4 Å². The van der Waals surface area contributed by atoms with E-state index in [1.807, 2.05) is 0 Å². The summed E-state index contributed by atoms with van der Waals surface area (Å²) in [7, 11) is 0. The first-order chi connectivity index (χ1) is 16.6. The van der Waals surface area contributed by atoms with Crippen molar-refractivity contribution in [2.45, 2.75) is 89.9 Å². The van der Waals surface area contributed by atoms with Crippen LogP contribution in [0.4, 0.5) is 4.79 Å². The number of nitrogens with zero attached hydrogens (tertiary/aromatic N) is 1. The zero-order valence-electron chi connectivity index (χ0n) is 21.3. The Morgan fingerprint density at radius 1 is 1.20 bits per heavy atom. The number of carbonyl (C=O) groups is 3. The van der Waals surface area contributed by atoms with Gasteiger partial charge in [0, 0.05) is 23.9 Å². The molecule has 0 aromatic heterocycles. The highest BCUT2D eigenvalue weighted by atomic mass is 32.1. The van der Waals surface area contributed by atoms with Crippen molar-refractivity contribution < 1.29 is 19.1 Å². The fourth-order valence-electron chi connectivity index (χ4n) is 3.88. The minimum atomic E-state index is -0.936. The lowest BCUT2D eigenvalue weighted by Gasteiger charge is -2.43. The van der Waals surface area contributed by atoms with E-state index in [2.05, 4.69) is 36.1 Å². The molecule has 2 atom stereocenters. The maximum Gasteiger partial charge on any atom is 0.408 e. The molecular weight excluding hydrogens is 462 g/mol. The molecule has 1 aliphatic rings. The molecule has 0 aliphatic heterocycles. The smallest absolute Gasteiger partial charge is 0.408 e. The molecule has 1 aromatic carbocycles. The first-order valence-corrected chi connectivity index (χ1v) is 13.0. The zero-order valence-corrected chi connectivity index (χ0v) is 22.2. The van der Waals surface area contributed by atoms with E-state index in [0.717, 1.165) is 38.5 Å². The third kappa shape index (κ3) is 8.50. The van der Waals surface area contributed by atoms with Gasteiger partial charge in [0.2, 0.25) is 11.8 Å². The third-order valence-electron chi connectivity index (χ3n) is 5.89. The number of thiol groups is 1. The third-order valence-corrected chi connectivity index (χ3v) is 6.26. The van der Waals surface area contributed by atoms with Crippen LogP contribution in [0.1, 0.15) is 83.4 Å². The molecule has 0 saturated heterocycles. The van der Waals surface area contributed by atoms with Gasteiger partial charge in [-0.25, -0.2) is 4.79 Å². The fraction of sp³-hybridized carbons (Fsp3) is 0.593. The van der Waals surface area contributed by atoms with Gasteiger partial charge in [0.05, 0.1) is 0 Å². The summed E-state index contributed by atoms with van der Waals surface area (Å²) in [6.45, 7) is 7.89. The highest BCUT2D eigenvalue weighted by Crippen LogP contribution is 2.34. The summed E-state index contributed by atoms with van der Waals surface area (Å²) in [6.07, 6.45) is 10.3. The number of nitrogens with one attached hydrogen (secondary N) is 2. The van der Waals surface area contributed by atoms with Crippen LogP contribution < -0.4 is 10.6 Å². The number of ether oxygens (including phenoxy) is 1. The second kappa shape index (κ2) is 13.4. The number of hydrogen-bond donors (Lipinski definition) is 3. The van der Waals surface area contributed by atoms with E-state index in [1.54, 1.807) is 49.9 Å². The Hall–Kier alpha value is -2.66. The van der Waals surface area contributed by atoms with Gasteiger partial charge in [-0.3, -0.25) is 9.59 Å². The summed E-state index contributed by atoms with van der Waals surface area (Å²) in [6, 6.07) is 5.24. The second-order valence-corrected chi connectivity index (χ2v) is 10.2. The van der Waals surface area contributed by atoms with Crippen molar-refractivity contribution in [2.75, 3.05) is 12.3 Å². The summed E-state index contributed by atoms with van der Waals surface area (Å²) in [5.74, 6) is 2.05. The van der Waals surface area contributed by atoms with E-state index < -0.39 is 23.8 Å². The Morgan fingerprint density at radius 3 is 2.34 bits per heavy atom. The number of rotatable bonds is 11. The predicted molar refractivity (Wildman–Crippen MR) is 141 cm³/mol. The van der Waals surface area contributed by atoms with Crippen molar-refractivity contribution in [3.63, 3.8) is 0 Å². The summed E-state index contributed by atoms with van der Waals surface area (Å²) in [4.78, 5) is 41.4. The van der Waals surface area contributed by atoms with Crippen molar-refractivity contribution in [2.24, 2.45) is 0 Å². The van der Waals surface area contributed by atoms with Gasteiger partial charge in [0.1, 0.15) is 17.7 Å². The molecule has 0 heterocycles. The first kappa shape index (κ1) is 28.6. The molecule has 1 fully saturated rings. The standard InChI is InChI=1S/C27H39N3O4S/c1-6-8-9-17-28-24(31)23(20-15-13-19(7-2)14-16-20)30(21-11-10-12-21)25(32)22(18-35)29-26(33)34-27(3,4)5/h2,13-16,21-23,35H,6,8-12,17-18H2,1,3-5H3,(H,28,31)(H,29,33). The number of alkyl carbamates (subject to hydrolysis) is 1. The lowest BCUT2D eigenvalue weighted by Crippen LogP contribution is -2.58. The number of terminal acetylenes is 1. The fourth-order valence-corrected chi connectivity index (χ4v) is 4.13. The second-order valence-electron chi connectivity index (χ2n) is 9.88. The molecule has 192 valence electrons. The Bertz CT molecular complexity index is 900. The van der Waals surface area contributed by atoms with E-state index in [1.165, 1.54) is 0 Å². The molecule has 0 spiro atoms. The number of hydrogen-bond acceptors (Lipinski definition) is 5. The van der Waals surface area contributed by atoms with Crippen molar-refractivity contribution >= 4 is 30.5 Å². The van der Waals surface area contributed by atoms with E-state index in [4.69, 9.17) is 11.2 Å². The van der Waals surface area contributed by atoms with Crippen LogP contribution in [0.3, 0.4) is 0 Å². The lowest BCUT2D eigenvalue weighted by atomic mass is 9.88. The average molecular weight is 502 g/mol. The molecule has 8 heteroatoms. The molecule has 0 radical (unpaired) electrons. The van der Waals surface area contributed by atoms with Gasteiger partial charge in [0.15, 0.2) is 0 Å². The van der Waals surface area contributed by atoms with Gasteiger partial charge in [-0.15, -0.1) is 6.42 Å². The van der Waals surface area contributed by atoms with Crippen molar-refractivity contribution in [1.29, 1.82) is 0 Å². The van der Waals surface area contributed by atoms with E-state index >= 15 is 0 Å². The van der Waals surface area contributed by atoms with Crippen LogP contribution in [0.15, 0.2) is 24.3 Å². The Labute approximate surface area is 215 Å². The normalized spacial score (nSPS) is 15.2. The molecule has 1 aliphatic carbocycles. The maximum atomic E-state index is 13.8. The monoisotopic (exact) mass is 501 g/mol. The number of benzene rings is 1. The van der Waals surface area contributed by atoms with Gasteiger partial charge in [-0.2, -0.15) is 12.6 Å². The highest BCUT2D eigenvalue weighted by molar-refractivity contribution is 7.80. The van der Waals surface area contributed by atoms with Gasteiger partial charge < -0.3 is 20.3 Å². The molecule has 2 rings (SSSR count). The largest absolute Gasteiger partial charge is 0.444 e. The minimum Gasteiger partial charge on any atom is -0.444 e. The summed E-state index contributed by atoms with van der Waals surface area (Å²) in [5.41, 5.74) is 0.659. The molecule has 2 unspecified atom stereocenters. The quantitative estimate of drug-likeness (QED) is 0.241. The maximum absolute atomic E-state index is 13.8. The highest BCUT2D eigenvalue weighted by Gasteiger charge is 2.41. The topological polar surface area (TPSA) is 87.7 Å². The molecule has 2 N–H and O–H groups in total. The van der Waals surface area contributed by atoms with E-state index in [0.29, 0.717) is 17.7 Å². The molecule has 7 nitrogen and oxygen atoms in total. The van der Waals surface area contributed by atoms with Gasteiger partial charge in [-0.1, -0.05) is 37.8 Å². The SMILES string of the molecule is C#Cc1ccc(C(C(=O)NCCCCC)N(C(=O)C(CS)NC(=O)OC(C)(C)C)C2CCC2)cc1. The van der Waals surface area contributed by atoms with Crippen LogP contribution in [0.5, 0.6) is 0 Å². The van der Waals surface area contributed by atoms with Crippen LogP contribution in [0.2, 0.25) is 0 Å². The predicted octanol–water partition coefficient (Wildman–Crippen LogP) is 4.22.